The Morgan fingerprint density at radius 3 is 2.63 bits per heavy atom. The fraction of sp³-hybridized carbons (Fsp3) is 0.455. The van der Waals surface area contributed by atoms with Crippen LogP contribution in [0.15, 0.2) is 71.3 Å². The lowest BCUT2D eigenvalue weighted by Crippen LogP contribution is -2.34. The van der Waals surface area contributed by atoms with Crippen molar-refractivity contribution in [1.29, 1.82) is 0 Å². The van der Waals surface area contributed by atoms with Gasteiger partial charge in [0.05, 0.1) is 12.3 Å². The Balaban J connectivity index is 2.78. The molecule has 8 heteroatoms. The highest BCUT2D eigenvalue weighted by molar-refractivity contribution is 8.06. The molecule has 1 heterocycles. The maximum atomic E-state index is 12.8. The van der Waals surface area contributed by atoms with Crippen LogP contribution in [-0.4, -0.2) is 67.0 Å². The average molecular weight is 444 g/mol. The van der Waals surface area contributed by atoms with Crippen LogP contribution < -0.4 is 5.32 Å². The van der Waals surface area contributed by atoms with E-state index in [4.69, 9.17) is 5.11 Å². The van der Waals surface area contributed by atoms with Crippen molar-refractivity contribution < 1.29 is 18.3 Å². The number of likely N-dealkylation sites (N-methyl/N-ethyl adjacent to an activating group) is 1. The molecule has 0 atom stereocenters. The van der Waals surface area contributed by atoms with E-state index in [2.05, 4.69) is 23.7 Å². The smallest absolute Gasteiger partial charge is 0.395 e. The van der Waals surface area contributed by atoms with Crippen molar-refractivity contribution in [2.24, 2.45) is 0 Å². The van der Waals surface area contributed by atoms with Gasteiger partial charge in [0.1, 0.15) is 0 Å². The Kier molecular flexibility index (Phi) is 13.3. The number of alkyl halides is 3. The zero-order chi connectivity index (χ0) is 22.2. The maximum absolute atomic E-state index is 12.8. The molecule has 1 aliphatic rings. The van der Waals surface area contributed by atoms with Crippen LogP contribution in [0, 0.1) is 0 Å². The van der Waals surface area contributed by atoms with Gasteiger partial charge in [-0.15, -0.1) is 0 Å². The number of allylic oxidation sites excluding steroid dienone is 7. The summed E-state index contributed by atoms with van der Waals surface area (Å²) in [5.74, 6) is 0. The molecule has 4 nitrogen and oxygen atoms in total. The predicted molar refractivity (Wildman–Crippen MR) is 121 cm³/mol. The summed E-state index contributed by atoms with van der Waals surface area (Å²) in [6.45, 7) is 10.4. The van der Waals surface area contributed by atoms with E-state index < -0.39 is 6.18 Å². The van der Waals surface area contributed by atoms with Gasteiger partial charge in [-0.05, 0) is 37.1 Å². The lowest BCUT2D eigenvalue weighted by atomic mass is 10.2. The van der Waals surface area contributed by atoms with Gasteiger partial charge in [-0.2, -0.15) is 13.2 Å². The van der Waals surface area contributed by atoms with Crippen LogP contribution in [0.2, 0.25) is 0 Å². The number of nitrogens with zero attached hydrogens (tertiary/aromatic N) is 2. The van der Waals surface area contributed by atoms with Crippen molar-refractivity contribution in [2.45, 2.75) is 19.5 Å². The number of rotatable bonds is 12. The van der Waals surface area contributed by atoms with Gasteiger partial charge < -0.3 is 20.2 Å². The summed E-state index contributed by atoms with van der Waals surface area (Å²) in [4.78, 5) is 4.63. The Bertz CT molecular complexity index is 655. The first-order valence-corrected chi connectivity index (χ1v) is 10.9. The number of halogens is 3. The minimum Gasteiger partial charge on any atom is -0.395 e. The minimum absolute atomic E-state index is 0.142. The molecule has 2 N–H and O–H groups in total. The number of aliphatic hydroxyl groups is 1. The van der Waals surface area contributed by atoms with Crippen molar-refractivity contribution >= 4 is 11.8 Å². The van der Waals surface area contributed by atoms with E-state index in [0.717, 1.165) is 38.7 Å². The highest BCUT2D eigenvalue weighted by atomic mass is 32.2. The summed E-state index contributed by atoms with van der Waals surface area (Å²) in [6, 6.07) is 0. The fourth-order valence-electron chi connectivity index (χ4n) is 2.73. The maximum Gasteiger partial charge on any atom is 0.409 e. The van der Waals surface area contributed by atoms with Crippen LogP contribution in [0.3, 0.4) is 0 Å². The summed E-state index contributed by atoms with van der Waals surface area (Å²) < 4.78 is 38.4. The van der Waals surface area contributed by atoms with E-state index in [-0.39, 0.29) is 12.7 Å². The molecular weight excluding hydrogens is 411 g/mol. The Labute approximate surface area is 182 Å². The van der Waals surface area contributed by atoms with Crippen LogP contribution in [-0.2, 0) is 0 Å². The molecule has 0 saturated carbocycles. The summed E-state index contributed by atoms with van der Waals surface area (Å²) in [5, 5.41) is 14.2. The largest absolute Gasteiger partial charge is 0.409 e. The number of nitrogens with one attached hydrogen (secondary N) is 1. The van der Waals surface area contributed by atoms with Gasteiger partial charge in [-0.3, -0.25) is 0 Å². The first-order valence-electron chi connectivity index (χ1n) is 10.0. The molecule has 0 saturated heterocycles. The quantitative estimate of drug-likeness (QED) is 0.437. The van der Waals surface area contributed by atoms with Crippen LogP contribution in [0.25, 0.3) is 0 Å². The molecule has 30 heavy (non-hydrogen) atoms. The third kappa shape index (κ3) is 11.4. The topological polar surface area (TPSA) is 38.7 Å². The molecule has 0 amide bonds. The summed E-state index contributed by atoms with van der Waals surface area (Å²) >= 11 is 1.33. The van der Waals surface area contributed by atoms with Gasteiger partial charge in [0.15, 0.2) is 0 Å². The van der Waals surface area contributed by atoms with Gasteiger partial charge in [0, 0.05) is 43.4 Å². The van der Waals surface area contributed by atoms with Crippen molar-refractivity contribution in [1.82, 2.24) is 15.1 Å². The molecule has 168 valence electrons. The van der Waals surface area contributed by atoms with Crippen LogP contribution in [0.5, 0.6) is 0 Å². The zero-order valence-corrected chi connectivity index (χ0v) is 18.3. The standard InChI is InChI=1S/C22H32F3N3OS/c1-3-21-20(10-11-22(23,24)25)28(14-7-5-6-8-19-30-21)15-9-12-26-13-16-27(4-2)17-18-29/h3,5-8,10-11,14,19,26,29H,1,4,9,12-13,15-18H2,2H3/b6-5-,11-10+,14-7+,19-8+,21-20-. The zero-order valence-electron chi connectivity index (χ0n) is 17.4. The number of aliphatic hydroxyl groups excluding tert-OH is 1. The lowest BCUT2D eigenvalue weighted by molar-refractivity contribution is -0.0799. The molecule has 0 spiro atoms. The van der Waals surface area contributed by atoms with Crippen molar-refractivity contribution in [3.63, 3.8) is 0 Å². The molecule has 0 aliphatic carbocycles. The second kappa shape index (κ2) is 15.1. The molecule has 0 aromatic heterocycles. The first kappa shape index (κ1) is 26.3. The van der Waals surface area contributed by atoms with Crippen molar-refractivity contribution in [3.05, 3.63) is 71.3 Å². The summed E-state index contributed by atoms with van der Waals surface area (Å²) in [7, 11) is 0. The second-order valence-electron chi connectivity index (χ2n) is 6.46. The van der Waals surface area contributed by atoms with E-state index >= 15 is 0 Å². The van der Waals surface area contributed by atoms with Crippen LogP contribution in [0.1, 0.15) is 13.3 Å². The number of hydrogen-bond donors (Lipinski definition) is 2. The average Bonchev–Trinajstić information content (AvgIpc) is 2.71. The molecule has 0 aromatic carbocycles. The van der Waals surface area contributed by atoms with E-state index in [0.29, 0.717) is 23.7 Å². The molecule has 0 fully saturated rings. The molecular formula is C22H32F3N3OS. The van der Waals surface area contributed by atoms with Gasteiger partial charge in [0.2, 0.25) is 0 Å². The van der Waals surface area contributed by atoms with E-state index in [1.807, 2.05) is 34.6 Å². The molecule has 1 aliphatic heterocycles. The van der Waals surface area contributed by atoms with Gasteiger partial charge in [-0.1, -0.05) is 49.6 Å². The van der Waals surface area contributed by atoms with E-state index in [1.165, 1.54) is 11.8 Å². The number of hydrogen-bond acceptors (Lipinski definition) is 5. The Morgan fingerprint density at radius 2 is 1.97 bits per heavy atom. The first-order chi connectivity index (χ1) is 14.4. The monoisotopic (exact) mass is 443 g/mol. The Morgan fingerprint density at radius 1 is 1.20 bits per heavy atom. The van der Waals surface area contributed by atoms with Crippen molar-refractivity contribution in [3.8, 4) is 0 Å². The van der Waals surface area contributed by atoms with Gasteiger partial charge in [-0.25, -0.2) is 0 Å². The third-order valence-electron chi connectivity index (χ3n) is 4.27. The van der Waals surface area contributed by atoms with Gasteiger partial charge >= 0.3 is 6.18 Å². The molecule has 0 aromatic rings. The number of thioether (sulfide) groups is 1. The molecule has 0 radical (unpaired) electrons. The van der Waals surface area contributed by atoms with Gasteiger partial charge in [0.25, 0.3) is 0 Å². The third-order valence-corrected chi connectivity index (χ3v) is 5.19. The summed E-state index contributed by atoms with van der Waals surface area (Å²) in [5.41, 5.74) is 0.462. The predicted octanol–water partition coefficient (Wildman–Crippen LogP) is 4.43. The van der Waals surface area contributed by atoms with Crippen LogP contribution in [0.4, 0.5) is 13.2 Å². The normalized spacial score (nSPS) is 21.2. The van der Waals surface area contributed by atoms with E-state index in [9.17, 15) is 13.2 Å². The lowest BCUT2D eigenvalue weighted by Gasteiger charge is -2.24. The minimum atomic E-state index is -4.38. The molecule has 0 bridgehead atoms. The SMILES string of the molecule is C=C/C1=C(\C=C\C(F)(F)F)N(CCCNCCN(CC)CCO)/C=C/C=C\C=C\S1. The van der Waals surface area contributed by atoms with E-state index in [1.54, 1.807) is 12.3 Å². The highest BCUT2D eigenvalue weighted by Crippen LogP contribution is 2.28. The Hall–Kier alpha value is -1.74. The second-order valence-corrected chi connectivity index (χ2v) is 7.40. The van der Waals surface area contributed by atoms with Crippen molar-refractivity contribution in [2.75, 3.05) is 45.9 Å². The molecule has 1 rings (SSSR count). The molecule has 0 unspecified atom stereocenters. The fourth-order valence-corrected chi connectivity index (χ4v) is 3.45. The summed E-state index contributed by atoms with van der Waals surface area (Å²) in [6.07, 6.45) is 8.46. The highest BCUT2D eigenvalue weighted by Gasteiger charge is 2.23. The van der Waals surface area contributed by atoms with Crippen LogP contribution >= 0.6 is 11.8 Å².